The average molecular weight is 592 g/mol. The quantitative estimate of drug-likeness (QED) is 0.367. The summed E-state index contributed by atoms with van der Waals surface area (Å²) >= 11 is 0. The van der Waals surface area contributed by atoms with Crippen molar-refractivity contribution < 1.29 is 70.5 Å². The van der Waals surface area contributed by atoms with E-state index in [2.05, 4.69) is 6.07 Å². The summed E-state index contributed by atoms with van der Waals surface area (Å²) in [6.45, 7) is 2.98. The van der Waals surface area contributed by atoms with Gasteiger partial charge in [0.2, 0.25) is 0 Å². The molecule has 3 atom stereocenters. The minimum atomic E-state index is -4.74. The van der Waals surface area contributed by atoms with Crippen LogP contribution in [0, 0.1) is 23.7 Å². The van der Waals surface area contributed by atoms with Crippen LogP contribution in [-0.4, -0.2) is 30.6 Å². The van der Waals surface area contributed by atoms with Crippen molar-refractivity contribution in [2.75, 3.05) is 19.7 Å². The number of piperidine rings is 1. The third-order valence-electron chi connectivity index (χ3n) is 8.88. The van der Waals surface area contributed by atoms with Crippen LogP contribution in [0.2, 0.25) is 0 Å². The number of nitrogens with zero attached hydrogens (tertiary/aromatic N) is 1. The van der Waals surface area contributed by atoms with E-state index in [4.69, 9.17) is 4.74 Å². The van der Waals surface area contributed by atoms with Crippen LogP contribution in [-0.2, 0) is 30.1 Å². The second-order valence-electron chi connectivity index (χ2n) is 11.6. The van der Waals surface area contributed by atoms with E-state index in [0.717, 1.165) is 36.1 Å². The zero-order valence-corrected chi connectivity index (χ0v) is 25.2. The fraction of sp³-hybridized carbons (Fsp3) is 0.567. The molecule has 2 aromatic carbocycles. The molecule has 218 valence electrons. The Morgan fingerprint density at radius 1 is 0.976 bits per heavy atom. The maximum absolute atomic E-state index is 13.5. The maximum Gasteiger partial charge on any atom is 1.00 e. The first-order valence-corrected chi connectivity index (χ1v) is 13.8. The summed E-state index contributed by atoms with van der Waals surface area (Å²) in [5, 5.41) is 11.6. The summed E-state index contributed by atoms with van der Waals surface area (Å²) in [7, 11) is 0. The van der Waals surface area contributed by atoms with Gasteiger partial charge in [0.15, 0.2) is 0 Å². The fourth-order valence-corrected chi connectivity index (χ4v) is 6.52. The predicted molar refractivity (Wildman–Crippen MR) is 133 cm³/mol. The molecule has 0 amide bonds. The molecule has 2 heterocycles. The number of carbonyl (C=O) groups is 1. The Kier molecular flexibility index (Phi) is 9.78. The molecule has 1 aliphatic carbocycles. The summed E-state index contributed by atoms with van der Waals surface area (Å²) in [4.78, 5) is 13.4. The van der Waals surface area contributed by atoms with Crippen molar-refractivity contribution in [3.05, 3.63) is 64.2 Å². The number of carbonyl (C=O) groups excluding carboxylic acids is 1. The summed E-state index contributed by atoms with van der Waals surface area (Å²) in [5.74, 6) is -0.160. The third-order valence-corrected chi connectivity index (χ3v) is 8.88. The van der Waals surface area contributed by atoms with Crippen LogP contribution < -0.4 is 39.4 Å². The summed E-state index contributed by atoms with van der Waals surface area (Å²) in [5.41, 5.74) is -0.460. The second-order valence-corrected chi connectivity index (χ2v) is 11.6. The summed E-state index contributed by atoms with van der Waals surface area (Å²) in [6, 6.07) is 7.55. The Labute approximate surface area is 257 Å². The minimum Gasteiger partial charge on any atom is -0.550 e. The molecular weight excluding hydrogens is 559 g/mol. The standard InChI is InChI=1S/C30H33F6NO3.Na/c1-17(28(38)39)27(19-2-3-19)20-4-7-26-21(12-20)13-23(16-40-26)18-8-10-37(11-9-18)15-22-14-24(29(31,32)33)5-6-25(22)30(34,35)36;/h4-7,12,14,17-19,23,27H,2-3,8-11,13,15-16H2,1H3,(H,38,39);/q;+1/p-1/t17-,23?,27?;/m0./s1. The molecule has 2 aliphatic heterocycles. The predicted octanol–water partition coefficient (Wildman–Crippen LogP) is 3.07. The van der Waals surface area contributed by atoms with Gasteiger partial charge < -0.3 is 14.6 Å². The van der Waals surface area contributed by atoms with Crippen LogP contribution in [0.5, 0.6) is 5.75 Å². The van der Waals surface area contributed by atoms with Crippen molar-refractivity contribution in [2.45, 2.75) is 63.8 Å². The van der Waals surface area contributed by atoms with Gasteiger partial charge in [-0.2, -0.15) is 26.3 Å². The number of aliphatic carboxylic acids is 1. The number of hydrogen-bond donors (Lipinski definition) is 0. The van der Waals surface area contributed by atoms with Gasteiger partial charge in [-0.1, -0.05) is 19.1 Å². The molecule has 3 aliphatic rings. The van der Waals surface area contributed by atoms with Crippen LogP contribution in [0.3, 0.4) is 0 Å². The number of hydrogen-bond acceptors (Lipinski definition) is 4. The molecule has 0 spiro atoms. The molecule has 1 saturated heterocycles. The molecule has 4 nitrogen and oxygen atoms in total. The first kappa shape index (κ1) is 32.2. The summed E-state index contributed by atoms with van der Waals surface area (Å²) < 4.78 is 86.2. The molecule has 2 unspecified atom stereocenters. The van der Waals surface area contributed by atoms with E-state index < -0.39 is 35.4 Å². The number of alkyl halides is 6. The summed E-state index contributed by atoms with van der Waals surface area (Å²) in [6.07, 6.45) is -5.28. The van der Waals surface area contributed by atoms with Crippen LogP contribution in [0.15, 0.2) is 36.4 Å². The van der Waals surface area contributed by atoms with Crippen LogP contribution in [0.25, 0.3) is 0 Å². The van der Waals surface area contributed by atoms with Gasteiger partial charge in [0.1, 0.15) is 5.75 Å². The first-order valence-electron chi connectivity index (χ1n) is 13.8. The van der Waals surface area contributed by atoms with Crippen molar-refractivity contribution in [1.29, 1.82) is 0 Å². The van der Waals surface area contributed by atoms with E-state index in [9.17, 15) is 36.2 Å². The van der Waals surface area contributed by atoms with Gasteiger partial charge in [0, 0.05) is 24.3 Å². The van der Waals surface area contributed by atoms with Crippen LogP contribution in [0.1, 0.15) is 66.3 Å². The Hall–Kier alpha value is -1.75. The molecule has 0 radical (unpaired) electrons. The third kappa shape index (κ3) is 7.43. The molecule has 2 aromatic rings. The van der Waals surface area contributed by atoms with E-state index in [0.29, 0.717) is 56.7 Å². The minimum absolute atomic E-state index is 0. The Morgan fingerprint density at radius 2 is 1.66 bits per heavy atom. The SMILES string of the molecule is C[C@H](C(=O)[O-])C(c1ccc2c(c1)CC(C1CCN(Cc3cc(C(F)(F)F)ccc3C(F)(F)F)CC1)CO2)C1CC1.[Na+]. The monoisotopic (exact) mass is 591 g/mol. The fourth-order valence-electron chi connectivity index (χ4n) is 6.52. The number of fused-ring (bicyclic) bond motifs is 1. The molecule has 11 heteroatoms. The molecule has 0 bridgehead atoms. The largest absolute Gasteiger partial charge is 1.00 e. The van der Waals surface area contributed by atoms with Crippen molar-refractivity contribution >= 4 is 5.97 Å². The number of ether oxygens (including phenoxy) is 1. The Balaban J connectivity index is 0.00000387. The number of rotatable bonds is 7. The number of carboxylic acid groups (broad SMARTS) is 1. The van der Waals surface area contributed by atoms with E-state index >= 15 is 0 Å². The maximum atomic E-state index is 13.5. The van der Waals surface area contributed by atoms with Crippen LogP contribution >= 0.6 is 0 Å². The molecule has 2 fully saturated rings. The van der Waals surface area contributed by atoms with Gasteiger partial charge in [-0.15, -0.1) is 0 Å². The zero-order valence-electron chi connectivity index (χ0n) is 23.2. The number of likely N-dealkylation sites (tertiary alicyclic amines) is 1. The number of benzene rings is 2. The van der Waals surface area contributed by atoms with Crippen molar-refractivity contribution in [1.82, 2.24) is 4.90 Å². The number of halogens is 6. The molecule has 0 aromatic heterocycles. The van der Waals surface area contributed by atoms with Gasteiger partial charge in [-0.05, 0) is 104 Å². The van der Waals surface area contributed by atoms with Crippen molar-refractivity contribution in [2.24, 2.45) is 23.7 Å². The molecule has 41 heavy (non-hydrogen) atoms. The van der Waals surface area contributed by atoms with Crippen molar-refractivity contribution in [3.8, 4) is 5.75 Å². The van der Waals surface area contributed by atoms with Gasteiger partial charge in [-0.3, -0.25) is 4.90 Å². The van der Waals surface area contributed by atoms with E-state index in [1.165, 1.54) is 0 Å². The zero-order chi connectivity index (χ0) is 28.8. The normalized spacial score (nSPS) is 21.8. The van der Waals surface area contributed by atoms with Gasteiger partial charge in [0.25, 0.3) is 0 Å². The molecular formula is C30H32F6NNaO3. The molecule has 5 rings (SSSR count). The Bertz CT molecular complexity index is 1240. The average Bonchev–Trinajstić information content (AvgIpc) is 3.73. The molecule has 1 saturated carbocycles. The van der Waals surface area contributed by atoms with E-state index in [1.54, 1.807) is 11.8 Å². The van der Waals surface area contributed by atoms with Crippen molar-refractivity contribution in [3.63, 3.8) is 0 Å². The van der Waals surface area contributed by atoms with Gasteiger partial charge in [-0.25, -0.2) is 0 Å². The van der Waals surface area contributed by atoms with Gasteiger partial charge >= 0.3 is 41.9 Å². The first-order chi connectivity index (χ1) is 18.8. The smallest absolute Gasteiger partial charge is 0.550 e. The topological polar surface area (TPSA) is 52.6 Å². The number of carboxylic acids is 1. The molecule has 0 N–H and O–H groups in total. The van der Waals surface area contributed by atoms with Crippen LogP contribution in [0.4, 0.5) is 26.3 Å². The second kappa shape index (κ2) is 12.5. The van der Waals surface area contributed by atoms with E-state index in [1.807, 2.05) is 12.1 Å². The Morgan fingerprint density at radius 3 is 2.24 bits per heavy atom. The van der Waals surface area contributed by atoms with E-state index in [-0.39, 0.29) is 59.4 Å². The van der Waals surface area contributed by atoms with Gasteiger partial charge in [0.05, 0.1) is 17.7 Å².